The van der Waals surface area contributed by atoms with E-state index in [2.05, 4.69) is 9.97 Å². The van der Waals surface area contributed by atoms with E-state index >= 15 is 0 Å². The van der Waals surface area contributed by atoms with E-state index in [-0.39, 0.29) is 5.56 Å². The number of aromatic nitrogens is 3. The smallest absolute Gasteiger partial charge is 0.261 e. The van der Waals surface area contributed by atoms with Crippen LogP contribution in [0.15, 0.2) is 53.7 Å². The molecule has 0 fully saturated rings. The summed E-state index contributed by atoms with van der Waals surface area (Å²) in [5.74, 6) is 0. The number of pyridine rings is 1. The minimum atomic E-state index is -0.0917. The lowest BCUT2D eigenvalue weighted by Crippen LogP contribution is -2.21. The van der Waals surface area contributed by atoms with Crippen molar-refractivity contribution in [2.45, 2.75) is 6.54 Å². The van der Waals surface area contributed by atoms with Crippen LogP contribution in [0, 0.1) is 11.3 Å². The summed E-state index contributed by atoms with van der Waals surface area (Å²) in [6.07, 6.45) is 3.09. The topological polar surface area (TPSA) is 71.6 Å². The van der Waals surface area contributed by atoms with Crippen LogP contribution in [0.4, 0.5) is 0 Å². The first-order chi connectivity index (χ1) is 9.78. The van der Waals surface area contributed by atoms with Crippen molar-refractivity contribution in [2.24, 2.45) is 0 Å². The van der Waals surface area contributed by atoms with Gasteiger partial charge in [0, 0.05) is 6.20 Å². The number of nitriles is 1. The number of nitrogens with zero attached hydrogens (tertiary/aromatic N) is 4. The minimum Gasteiger partial charge on any atom is -0.294 e. The van der Waals surface area contributed by atoms with E-state index in [0.29, 0.717) is 23.1 Å². The summed E-state index contributed by atoms with van der Waals surface area (Å²) in [5.41, 5.74) is 1.77. The number of rotatable bonds is 2. The predicted octanol–water partition coefficient (Wildman–Crippen LogP) is 1.71. The Hall–Kier alpha value is -3.00. The molecule has 20 heavy (non-hydrogen) atoms. The molecule has 0 amide bonds. The Kier molecular flexibility index (Phi) is 2.98. The zero-order valence-corrected chi connectivity index (χ0v) is 10.5. The van der Waals surface area contributed by atoms with Crippen LogP contribution in [-0.2, 0) is 6.54 Å². The van der Waals surface area contributed by atoms with Gasteiger partial charge in [0.05, 0.1) is 23.8 Å². The fourth-order valence-electron chi connectivity index (χ4n) is 2.05. The van der Waals surface area contributed by atoms with Gasteiger partial charge < -0.3 is 0 Å². The van der Waals surface area contributed by atoms with Gasteiger partial charge >= 0.3 is 0 Å². The minimum absolute atomic E-state index is 0.0917. The van der Waals surface area contributed by atoms with Crippen LogP contribution in [0.1, 0.15) is 11.3 Å². The number of benzene rings is 1. The van der Waals surface area contributed by atoms with Crippen molar-refractivity contribution >= 4 is 10.9 Å². The molecule has 0 aliphatic rings. The first-order valence-corrected chi connectivity index (χ1v) is 6.07. The molecule has 0 aliphatic carbocycles. The van der Waals surface area contributed by atoms with Crippen LogP contribution in [0.2, 0.25) is 0 Å². The van der Waals surface area contributed by atoms with E-state index in [1.54, 1.807) is 30.5 Å². The molecule has 0 N–H and O–H groups in total. The third kappa shape index (κ3) is 2.15. The molecule has 2 aromatic heterocycles. The third-order valence-corrected chi connectivity index (χ3v) is 3.02. The summed E-state index contributed by atoms with van der Waals surface area (Å²) in [6, 6.07) is 12.7. The Balaban J connectivity index is 2.05. The summed E-state index contributed by atoms with van der Waals surface area (Å²) in [4.78, 5) is 20.5. The monoisotopic (exact) mass is 262 g/mol. The molecule has 2 heterocycles. The van der Waals surface area contributed by atoms with Crippen molar-refractivity contribution in [1.82, 2.24) is 14.5 Å². The number of para-hydroxylation sites is 1. The van der Waals surface area contributed by atoms with E-state index in [4.69, 9.17) is 5.26 Å². The molecule has 0 bridgehead atoms. The van der Waals surface area contributed by atoms with Gasteiger partial charge in [0.15, 0.2) is 0 Å². The van der Waals surface area contributed by atoms with Crippen molar-refractivity contribution < 1.29 is 0 Å². The lowest BCUT2D eigenvalue weighted by Gasteiger charge is -2.06. The molecule has 3 aromatic rings. The van der Waals surface area contributed by atoms with Crippen LogP contribution in [0.5, 0.6) is 0 Å². The molecule has 0 unspecified atom stereocenters. The second-order valence-corrected chi connectivity index (χ2v) is 4.36. The summed E-state index contributed by atoms with van der Waals surface area (Å²) in [6.45, 7) is 0.369. The molecule has 5 heteroatoms. The predicted molar refractivity (Wildman–Crippen MR) is 74.1 cm³/mol. The van der Waals surface area contributed by atoms with Gasteiger partial charge in [0.2, 0.25) is 0 Å². The van der Waals surface area contributed by atoms with E-state index in [9.17, 15) is 4.79 Å². The summed E-state index contributed by atoms with van der Waals surface area (Å²) in [5, 5.41) is 9.42. The molecule has 3 rings (SSSR count). The molecule has 1 aromatic carbocycles. The van der Waals surface area contributed by atoms with Crippen LogP contribution in [0.3, 0.4) is 0 Å². The average molecular weight is 262 g/mol. The largest absolute Gasteiger partial charge is 0.294 e. The average Bonchev–Trinajstić information content (AvgIpc) is 2.50. The van der Waals surface area contributed by atoms with Crippen LogP contribution >= 0.6 is 0 Å². The molecule has 96 valence electrons. The van der Waals surface area contributed by atoms with E-state index in [1.165, 1.54) is 10.9 Å². The highest BCUT2D eigenvalue weighted by Crippen LogP contribution is 2.07. The van der Waals surface area contributed by atoms with E-state index in [1.807, 2.05) is 18.2 Å². The maximum Gasteiger partial charge on any atom is 0.261 e. The summed E-state index contributed by atoms with van der Waals surface area (Å²) in [7, 11) is 0. The fraction of sp³-hybridized carbons (Fsp3) is 0.0667. The fourth-order valence-corrected chi connectivity index (χ4v) is 2.05. The molecule has 0 spiro atoms. The molecule has 0 aliphatic heterocycles. The second kappa shape index (κ2) is 4.94. The molecule has 0 atom stereocenters. The Morgan fingerprint density at radius 3 is 2.90 bits per heavy atom. The molecule has 0 saturated carbocycles. The van der Waals surface area contributed by atoms with Crippen LogP contribution in [-0.4, -0.2) is 14.5 Å². The van der Waals surface area contributed by atoms with Gasteiger partial charge in [0.25, 0.3) is 5.56 Å². The maximum atomic E-state index is 12.3. The summed E-state index contributed by atoms with van der Waals surface area (Å²) < 4.78 is 1.53. The van der Waals surface area contributed by atoms with Crippen LogP contribution in [0.25, 0.3) is 10.9 Å². The number of fused-ring (bicyclic) bond motifs is 1. The lowest BCUT2D eigenvalue weighted by atomic mass is 10.2. The quantitative estimate of drug-likeness (QED) is 0.704. The molecular formula is C15H10N4O. The van der Waals surface area contributed by atoms with Gasteiger partial charge in [-0.2, -0.15) is 5.26 Å². The number of hydrogen-bond acceptors (Lipinski definition) is 4. The Labute approximate surface area is 114 Å². The van der Waals surface area contributed by atoms with Gasteiger partial charge in [-0.15, -0.1) is 0 Å². The van der Waals surface area contributed by atoms with Gasteiger partial charge in [-0.3, -0.25) is 9.36 Å². The Morgan fingerprint density at radius 2 is 2.05 bits per heavy atom. The van der Waals surface area contributed by atoms with E-state index < -0.39 is 0 Å². The second-order valence-electron chi connectivity index (χ2n) is 4.36. The first kappa shape index (κ1) is 12.1. The van der Waals surface area contributed by atoms with Crippen molar-refractivity contribution in [3.05, 3.63) is 70.5 Å². The van der Waals surface area contributed by atoms with Crippen molar-refractivity contribution in [3.8, 4) is 6.07 Å². The molecule has 0 radical (unpaired) electrons. The first-order valence-electron chi connectivity index (χ1n) is 6.07. The Morgan fingerprint density at radius 1 is 1.20 bits per heavy atom. The van der Waals surface area contributed by atoms with Crippen molar-refractivity contribution in [3.63, 3.8) is 0 Å². The van der Waals surface area contributed by atoms with Gasteiger partial charge in [0.1, 0.15) is 11.8 Å². The maximum absolute atomic E-state index is 12.3. The zero-order chi connectivity index (χ0) is 13.9. The zero-order valence-electron chi connectivity index (χ0n) is 10.5. The Bertz CT molecular complexity index is 877. The van der Waals surface area contributed by atoms with Crippen LogP contribution < -0.4 is 5.56 Å². The summed E-state index contributed by atoms with van der Waals surface area (Å²) >= 11 is 0. The standard InChI is InChI=1S/C15H10N4O/c16-8-12-7-11(5-6-17-12)9-19-10-18-14-4-2-1-3-13(14)15(19)20/h1-7,10H,9H2. The number of hydrogen-bond donors (Lipinski definition) is 0. The molecule has 0 saturated heterocycles. The van der Waals surface area contributed by atoms with Crippen molar-refractivity contribution in [2.75, 3.05) is 0 Å². The van der Waals surface area contributed by atoms with E-state index in [0.717, 1.165) is 5.56 Å². The third-order valence-electron chi connectivity index (χ3n) is 3.02. The van der Waals surface area contributed by atoms with Gasteiger partial charge in [-0.05, 0) is 29.8 Å². The van der Waals surface area contributed by atoms with Crippen molar-refractivity contribution in [1.29, 1.82) is 5.26 Å². The normalized spacial score (nSPS) is 10.3. The molecule has 5 nitrogen and oxygen atoms in total. The highest BCUT2D eigenvalue weighted by atomic mass is 16.1. The van der Waals surface area contributed by atoms with Gasteiger partial charge in [-0.25, -0.2) is 9.97 Å². The SMILES string of the molecule is N#Cc1cc(Cn2cnc3ccccc3c2=O)ccn1. The molecular weight excluding hydrogens is 252 g/mol. The lowest BCUT2D eigenvalue weighted by molar-refractivity contribution is 0.747. The highest BCUT2D eigenvalue weighted by Gasteiger charge is 2.04. The highest BCUT2D eigenvalue weighted by molar-refractivity contribution is 5.76. The van der Waals surface area contributed by atoms with Gasteiger partial charge in [-0.1, -0.05) is 12.1 Å².